The predicted molar refractivity (Wildman–Crippen MR) is 509 cm³/mol. The van der Waals surface area contributed by atoms with E-state index in [1.54, 1.807) is 48.5 Å². The lowest BCUT2D eigenvalue weighted by atomic mass is 9.81. The minimum Gasteiger partial charge on any atom is -0.370 e. The number of nitro benzene ring substituents is 1. The van der Waals surface area contributed by atoms with Crippen molar-refractivity contribution in [1.82, 2.24) is 52.3 Å². The second-order valence-corrected chi connectivity index (χ2v) is 34.6. The summed E-state index contributed by atoms with van der Waals surface area (Å²) in [7, 11) is 0. The summed E-state index contributed by atoms with van der Waals surface area (Å²) in [6.45, 7) is 3.69. The van der Waals surface area contributed by atoms with Crippen LogP contribution in [0.5, 0.6) is 0 Å². The number of primary amides is 4. The van der Waals surface area contributed by atoms with E-state index in [-0.39, 0.29) is 164 Å². The van der Waals surface area contributed by atoms with Gasteiger partial charge in [0, 0.05) is 185 Å². The van der Waals surface area contributed by atoms with Crippen molar-refractivity contribution in [3.63, 3.8) is 0 Å². The third-order valence-electron chi connectivity index (χ3n) is 23.0. The first kappa shape index (κ1) is 119. The van der Waals surface area contributed by atoms with Crippen molar-refractivity contribution < 1.29 is 133 Å². The monoisotopic (exact) mass is 2000 g/mol. The number of rotatable bonds is 69. The number of anilines is 2. The minimum absolute atomic E-state index is 0.00233. The number of carbonyl (C=O) groups is 23. The van der Waals surface area contributed by atoms with E-state index in [1.807, 2.05) is 0 Å². The first-order chi connectivity index (χ1) is 67.9. The highest BCUT2D eigenvalue weighted by Crippen LogP contribution is 2.28. The highest BCUT2D eigenvalue weighted by Gasteiger charge is 2.37. The van der Waals surface area contributed by atoms with Crippen molar-refractivity contribution >= 4 is 152 Å². The van der Waals surface area contributed by atoms with Crippen molar-refractivity contribution in [2.75, 3.05) is 76.3 Å². The molecule has 4 aromatic carbocycles. The van der Waals surface area contributed by atoms with Gasteiger partial charge < -0.3 is 85.6 Å². The number of imide groups is 2. The molecule has 0 unspecified atom stereocenters. The van der Waals surface area contributed by atoms with Gasteiger partial charge in [-0.3, -0.25) is 130 Å². The second kappa shape index (κ2) is 63.9. The van der Waals surface area contributed by atoms with Crippen molar-refractivity contribution in [2.45, 2.75) is 238 Å². The number of nitrogens with zero attached hydrogens (tertiary/aromatic N) is 3. The molecule has 2 aliphatic heterocycles. The van der Waals surface area contributed by atoms with Crippen molar-refractivity contribution in [3.05, 3.63) is 135 Å². The lowest BCUT2D eigenvalue weighted by Crippen LogP contribution is -2.52. The van der Waals surface area contributed by atoms with Gasteiger partial charge in [-0.2, -0.15) is 0 Å². The fourth-order valence-electron chi connectivity index (χ4n) is 15.0. The van der Waals surface area contributed by atoms with Crippen LogP contribution in [-0.4, -0.2) is 240 Å². The summed E-state index contributed by atoms with van der Waals surface area (Å²) in [6.07, 6.45) is 1.19. The number of non-ortho nitro benzene ring substituents is 1. The maximum Gasteiger partial charge on any atom is 0.269 e. The SMILES string of the molecule is CC(=O)NCCCC[C@H](NC(=O)[C@H](CCC(N)=O)NC(=O)c1c(F)cccc1F)C(=O)C[C@@H](CCCCNC(=O)COCC(=O)Nc1ccc(CCC(=O)N2CCC2=O)cc1)C(=O)CCC(N)=O.CC(=O)NCCCC[C@H](NC(=O)[C@H](CCC(N)=O)NC(C)=O)C(=O)C[C@@H](CCCCNC(=O)COCC(=O)Nc1ccc(CCC(=O)N2CCC2=O)cc1)C(=O)C[C@@H](Cc1ccc([N+](=O)[O-])cc1)C(=O)CCC(N)=O. The van der Waals surface area contributed by atoms with Crippen LogP contribution >= 0.6 is 0 Å². The van der Waals surface area contributed by atoms with Crippen LogP contribution in [0, 0.1) is 39.5 Å². The number of unbranched alkanes of at least 4 members (excludes halogenated alkanes) is 4. The zero-order valence-corrected chi connectivity index (χ0v) is 80.4. The van der Waals surface area contributed by atoms with Crippen LogP contribution in [0.15, 0.2) is 91.0 Å². The largest absolute Gasteiger partial charge is 0.370 e. The molecule has 7 atom stereocenters. The number of aryl methyl sites for hydroxylation is 2. The summed E-state index contributed by atoms with van der Waals surface area (Å²) in [6, 6.07) is 16.3. The first-order valence-corrected chi connectivity index (χ1v) is 47.2. The quantitative estimate of drug-likeness (QED) is 0.0131. The van der Waals surface area contributed by atoms with Gasteiger partial charge in [-0.1, -0.05) is 55.3 Å². The molecule has 0 radical (unpaired) electrons. The number of ketones is 5. The lowest BCUT2D eigenvalue weighted by molar-refractivity contribution is -0.384. The van der Waals surface area contributed by atoms with Crippen molar-refractivity contribution in [3.8, 4) is 0 Å². The number of likely N-dealkylation sites (tertiary alicyclic amines) is 2. The number of Topliss-reactive ketones (excluding diaryl/α,β-unsaturated/α-hetero) is 5. The molecule has 2 saturated heterocycles. The topological polar surface area (TPSA) is 685 Å². The van der Waals surface area contributed by atoms with Gasteiger partial charge in [0.25, 0.3) is 11.6 Å². The zero-order valence-electron chi connectivity index (χ0n) is 80.4. The van der Waals surface area contributed by atoms with Crippen LogP contribution in [0.4, 0.5) is 25.8 Å². The number of halogens is 2. The maximum atomic E-state index is 14.4. The Labute approximate surface area is 824 Å². The normalized spacial score (nSPS) is 13.3. The molecule has 0 saturated carbocycles. The highest BCUT2D eigenvalue weighted by molar-refractivity contribution is 6.03. The summed E-state index contributed by atoms with van der Waals surface area (Å²) >= 11 is 0. The summed E-state index contributed by atoms with van der Waals surface area (Å²) in [5, 5.41) is 37.0. The number of hydrogen-bond acceptors (Lipinski definition) is 27. The van der Waals surface area contributed by atoms with E-state index in [9.17, 15) is 129 Å². The number of nitrogens with one attached hydrogen (secondary N) is 10. The Morgan fingerprint density at radius 2 is 0.748 bits per heavy atom. The third kappa shape index (κ3) is 47.4. The molecule has 2 aliphatic rings. The highest BCUT2D eigenvalue weighted by atomic mass is 19.1. The van der Waals surface area contributed by atoms with Crippen LogP contribution in [0.3, 0.4) is 0 Å². The summed E-state index contributed by atoms with van der Waals surface area (Å²) in [4.78, 5) is 301. The molecular weight excluding hydrogens is 1870 g/mol. The third-order valence-corrected chi connectivity index (χ3v) is 23.0. The van der Waals surface area contributed by atoms with Crippen molar-refractivity contribution in [1.29, 1.82) is 0 Å². The van der Waals surface area contributed by atoms with E-state index < -0.39 is 222 Å². The number of hydrogen-bond donors (Lipinski definition) is 14. The van der Waals surface area contributed by atoms with Gasteiger partial charge in [0.05, 0.1) is 17.0 Å². The summed E-state index contributed by atoms with van der Waals surface area (Å²) in [5.74, 6) is -18.3. The van der Waals surface area contributed by atoms with Crippen molar-refractivity contribution in [2.24, 2.45) is 40.7 Å². The molecule has 0 bridgehead atoms. The zero-order chi connectivity index (χ0) is 106. The van der Waals surface area contributed by atoms with Crippen LogP contribution < -0.4 is 76.1 Å². The standard InChI is InChI=1S/C51H69N9O15.C46H60F2N8O12/c1-32(61)54-24-6-4-8-40(58-51(72)41(56-33(2)62)18-20-45(52)66)44(65)28-36(43(64)29-37(42(63)19-21-46(53)67)27-35-11-16-39(17-12-35)60(73)74)7-3-5-25-55-47(68)30-75-31-48(69)57-38-14-9-34(10-15-38)13-22-49(70)59-26-23-50(59)71;1-28(57)51-22-5-3-10-34(54-45(66)35(16-18-38(49)60)55-46(67)44-32(47)8-6-9-33(44)48)37(59)25-30(36(58)17-19-39(50)61)7-2-4-23-52-40(62)26-68-27-41(63)53-31-14-11-29(12-15-31)13-20-42(64)56-24-21-43(56)65/h9-12,14-17,36-37,40-41H,3-8,13,18-31H2,1-2H3,(H2,52,66)(H2,53,67)(H,54,61)(H,55,68)(H,56,62)(H,57,69)(H,58,72);6,8-9,11-12,14-15,30,34-35H,2-5,7,10,13,16-27H2,1H3,(H2,49,60)(H2,50,61)(H,51,57)(H,52,62)(H,53,63)(H,54,66)(H,55,67)/t36-,37-,40+,41+;30-,34+,35+/m11/s1. The Bertz CT molecular complexity index is 5140. The average molecular weight is 2000 g/mol. The number of benzene rings is 4. The van der Waals surface area contributed by atoms with Crippen LogP contribution in [0.25, 0.3) is 0 Å². The van der Waals surface area contributed by atoms with E-state index in [2.05, 4.69) is 53.2 Å². The number of carbonyl (C=O) groups excluding carboxylic acids is 23. The van der Waals surface area contributed by atoms with Gasteiger partial charge in [0.15, 0.2) is 11.6 Å². The fraction of sp³-hybridized carbons (Fsp3) is 0.515. The molecule has 2 heterocycles. The number of nitrogens with two attached hydrogens (primary N) is 4. The van der Waals surface area contributed by atoms with E-state index in [0.29, 0.717) is 94.2 Å². The predicted octanol–water partition coefficient (Wildman–Crippen LogP) is 2.48. The van der Waals surface area contributed by atoms with Gasteiger partial charge >= 0.3 is 0 Å². The minimum atomic E-state index is -1.58. The number of ether oxygens (including phenoxy) is 2. The Balaban J connectivity index is 0.000000506. The molecule has 18 amide bonds. The van der Waals surface area contributed by atoms with E-state index in [1.165, 1.54) is 54.8 Å². The number of nitro groups is 1. The molecule has 4 aromatic rings. The Morgan fingerprint density at radius 3 is 1.12 bits per heavy atom. The number of amides is 18. The Kier molecular flexibility index (Phi) is 53.0. The van der Waals surface area contributed by atoms with Crippen LogP contribution in [-0.2, 0) is 134 Å². The van der Waals surface area contributed by atoms with E-state index >= 15 is 0 Å². The molecule has 44 nitrogen and oxygen atoms in total. The Morgan fingerprint density at radius 1 is 0.385 bits per heavy atom. The first-order valence-electron chi connectivity index (χ1n) is 47.2. The molecule has 46 heteroatoms. The second-order valence-electron chi connectivity index (χ2n) is 34.6. The summed E-state index contributed by atoms with van der Waals surface area (Å²) in [5.41, 5.74) is 23.1. The van der Waals surface area contributed by atoms with Crippen LogP contribution in [0.2, 0.25) is 0 Å². The van der Waals surface area contributed by atoms with E-state index in [4.69, 9.17) is 32.4 Å². The fourth-order valence-corrected chi connectivity index (χ4v) is 15.0. The lowest BCUT2D eigenvalue weighted by Gasteiger charge is -2.28. The molecule has 0 spiro atoms. The molecule has 0 aliphatic carbocycles. The number of β-lactam (4-membered cyclic amide) rings is 2. The van der Waals surface area contributed by atoms with Gasteiger partial charge in [0.2, 0.25) is 100 Å². The Hall–Kier alpha value is -14.7. The maximum absolute atomic E-state index is 14.4. The summed E-state index contributed by atoms with van der Waals surface area (Å²) < 4.78 is 39.4. The average Bonchev–Trinajstić information content (AvgIpc) is 0.835. The van der Waals surface area contributed by atoms with Gasteiger partial charge in [-0.15, -0.1) is 0 Å². The molecule has 778 valence electrons. The van der Waals surface area contributed by atoms with Gasteiger partial charge in [0.1, 0.15) is 73.1 Å². The van der Waals surface area contributed by atoms with Crippen LogP contribution in [0.1, 0.15) is 221 Å². The molecule has 6 rings (SSSR count). The smallest absolute Gasteiger partial charge is 0.269 e. The molecule has 143 heavy (non-hydrogen) atoms. The molecular formula is C97H129F2N17O27. The van der Waals surface area contributed by atoms with Gasteiger partial charge in [-0.25, -0.2) is 8.78 Å². The van der Waals surface area contributed by atoms with Gasteiger partial charge in [-0.05, 0) is 149 Å². The molecule has 18 N–H and O–H groups in total. The van der Waals surface area contributed by atoms with E-state index in [0.717, 1.165) is 29.3 Å². The molecule has 0 aromatic heterocycles. The molecule has 2 fully saturated rings.